The number of pyridine rings is 3. The largest absolute Gasteiger partial charge is 2.00 e. The monoisotopic (exact) mass is 1360 g/mol. The van der Waals surface area contributed by atoms with Gasteiger partial charge >= 0.3 is 37.4 Å². The Morgan fingerprint density at radius 1 is 0.398 bits per heavy atom. The quantitative estimate of drug-likeness (QED) is 0.0211. The summed E-state index contributed by atoms with van der Waals surface area (Å²) < 4.78 is 4.26. The smallest absolute Gasteiger partial charge is 0.478 e. The number of isothiocyanates is 3. The number of unbranched alkanes of at least 4 members (excludes halogenated alkanes) is 12. The van der Waals surface area contributed by atoms with Gasteiger partial charge in [-0.3, -0.25) is 4.98 Å². The van der Waals surface area contributed by atoms with Crippen LogP contribution in [0.1, 0.15) is 268 Å². The van der Waals surface area contributed by atoms with Crippen LogP contribution in [0.15, 0.2) is 45.4 Å². The Morgan fingerprint density at radius 3 is 0.955 bits per heavy atom. The standard InChI is InChI=1S/C21H8N6O6S3.3C16H36N.Ru/c28-19(29)9-1-2-22-11(3-9)12-4-10(20(30)31)5-13(26-12)15-16(23-6-34)14(21(32)33)17(24-7-35)18(27-15)25-8-36;3*1-5-9-13-17(14-10-6-2,15-11-7-3)16-12-8-4;/h1-5H,(H,28,29)(H,30,31)(H,32,33);3*5-16H2,1-4H3;/q;3*+1;+2. The van der Waals surface area contributed by atoms with Gasteiger partial charge in [-0.15, -0.1) is 0 Å². The summed E-state index contributed by atoms with van der Waals surface area (Å²) in [5, 5.41) is 34.9. The summed E-state index contributed by atoms with van der Waals surface area (Å²) in [6.07, 6.45) is 34.4. The van der Waals surface area contributed by atoms with Gasteiger partial charge in [0, 0.05) is 6.20 Å². The van der Waals surface area contributed by atoms with Crippen molar-refractivity contribution in [1.82, 2.24) is 15.0 Å². The van der Waals surface area contributed by atoms with Crippen LogP contribution in [0.25, 0.3) is 22.8 Å². The van der Waals surface area contributed by atoms with Gasteiger partial charge in [0.25, 0.3) is 0 Å². The van der Waals surface area contributed by atoms with Crippen molar-refractivity contribution in [3.8, 4) is 22.8 Å². The van der Waals surface area contributed by atoms with Crippen molar-refractivity contribution in [3.63, 3.8) is 0 Å². The van der Waals surface area contributed by atoms with Gasteiger partial charge in [0.15, 0.2) is 5.82 Å². The van der Waals surface area contributed by atoms with Crippen LogP contribution in [0.5, 0.6) is 0 Å². The van der Waals surface area contributed by atoms with Crippen LogP contribution < -0.4 is 0 Å². The van der Waals surface area contributed by atoms with Crippen LogP contribution in [-0.2, 0) is 19.5 Å². The molecule has 0 radical (unpaired) electrons. The molecule has 88 heavy (non-hydrogen) atoms. The third-order valence-electron chi connectivity index (χ3n) is 16.2. The number of aromatic nitrogens is 3. The van der Waals surface area contributed by atoms with Crippen LogP contribution in [0.3, 0.4) is 0 Å². The van der Waals surface area contributed by atoms with Crippen LogP contribution in [0.4, 0.5) is 17.2 Å². The van der Waals surface area contributed by atoms with E-state index in [0.717, 1.165) is 12.1 Å². The van der Waals surface area contributed by atoms with Gasteiger partial charge in [0.1, 0.15) is 22.6 Å². The van der Waals surface area contributed by atoms with Crippen LogP contribution >= 0.6 is 36.7 Å². The molecule has 0 saturated heterocycles. The van der Waals surface area contributed by atoms with E-state index in [9.17, 15) is 29.7 Å². The Hall–Kier alpha value is -4.24. The first-order valence-corrected chi connectivity index (χ1v) is 34.7. The Balaban J connectivity index is 0. The minimum absolute atomic E-state index is 0. The van der Waals surface area contributed by atoms with Gasteiger partial charge < -0.3 is 28.8 Å². The normalized spacial score (nSPS) is 11.0. The third-order valence-corrected chi connectivity index (χ3v) is 16.5. The number of quaternary nitrogens is 3. The molecular weight excluding hydrogens is 1250 g/mol. The van der Waals surface area contributed by atoms with E-state index >= 15 is 0 Å². The molecule has 3 heterocycles. The SMILES string of the molecule is CCCC[N+](CCCC)(CCCC)CCCC.CCCC[N+](CCCC)(CCCC)CCCC.CCCC[N+](CCCC)(CCCC)CCCC.O=C(O)c1ccnc(-c2cc(C(=O)O)cc(-c3nc(N=C=S)c(N=C=S)c(C(=O)O)c3N=C=S)n2)c1.[Ru+2]. The van der Waals surface area contributed by atoms with Crippen LogP contribution in [-0.4, -0.2) is 156 Å². The molecule has 0 aliphatic heterocycles. The maximum absolute atomic E-state index is 12.2. The van der Waals surface area contributed by atoms with E-state index in [1.807, 2.05) is 15.5 Å². The van der Waals surface area contributed by atoms with E-state index < -0.39 is 23.5 Å². The molecule has 0 fully saturated rings. The van der Waals surface area contributed by atoms with Crippen molar-refractivity contribution in [2.45, 2.75) is 237 Å². The Kier molecular flexibility index (Phi) is 51.1. The average molecular weight is 1370 g/mol. The fraction of sp³-hybridized carbons (Fsp3) is 0.696. The minimum Gasteiger partial charge on any atom is -0.478 e. The molecule has 0 saturated carbocycles. The number of hydrogen-bond donors (Lipinski definition) is 3. The van der Waals surface area contributed by atoms with Gasteiger partial charge in [0.05, 0.1) is 122 Å². The van der Waals surface area contributed by atoms with Crippen molar-refractivity contribution in [2.24, 2.45) is 15.0 Å². The van der Waals surface area contributed by atoms with E-state index in [4.69, 9.17) is 0 Å². The molecule has 19 heteroatoms. The molecule has 0 unspecified atom stereocenters. The van der Waals surface area contributed by atoms with E-state index in [-0.39, 0.29) is 70.6 Å². The third kappa shape index (κ3) is 33.2. The predicted molar refractivity (Wildman–Crippen MR) is 374 cm³/mol. The van der Waals surface area contributed by atoms with E-state index in [0.29, 0.717) is 0 Å². The summed E-state index contributed by atoms with van der Waals surface area (Å²) in [5.74, 6) is -4.48. The molecule has 494 valence electrons. The number of carboxylic acid groups (broad SMARTS) is 3. The van der Waals surface area contributed by atoms with Crippen molar-refractivity contribution in [2.75, 3.05) is 78.5 Å². The molecule has 3 rings (SSSR count). The van der Waals surface area contributed by atoms with Crippen LogP contribution in [0, 0.1) is 0 Å². The molecule has 0 amide bonds. The maximum Gasteiger partial charge on any atom is 2.00 e. The Labute approximate surface area is 561 Å². The van der Waals surface area contributed by atoms with Gasteiger partial charge in [-0.25, -0.2) is 24.4 Å². The Morgan fingerprint density at radius 2 is 0.682 bits per heavy atom. The number of aliphatic imine (C=N–C) groups is 3. The first-order valence-electron chi connectivity index (χ1n) is 33.5. The molecular formula is C69H116N9O6RuS3+5. The molecule has 0 bridgehead atoms. The second-order valence-electron chi connectivity index (χ2n) is 23.4. The van der Waals surface area contributed by atoms with Gasteiger partial charge in [-0.05, 0) is 138 Å². The summed E-state index contributed by atoms with van der Waals surface area (Å²) in [6.45, 7) is 45.1. The number of carbonyl (C=O) groups is 3. The molecule has 0 atom stereocenters. The second-order valence-corrected chi connectivity index (χ2v) is 23.9. The molecule has 0 spiro atoms. The summed E-state index contributed by atoms with van der Waals surface area (Å²) >= 11 is 13.8. The molecule has 15 nitrogen and oxygen atoms in total. The first-order chi connectivity index (χ1) is 41.9. The van der Waals surface area contributed by atoms with Gasteiger partial charge in [0.2, 0.25) is 0 Å². The van der Waals surface area contributed by atoms with Gasteiger partial charge in [-0.2, -0.15) is 15.0 Å². The number of aromatic carboxylic acids is 3. The fourth-order valence-electron chi connectivity index (χ4n) is 10.9. The number of carboxylic acids is 3. The Bertz CT molecular complexity index is 2370. The molecule has 3 aromatic rings. The average Bonchev–Trinajstić information content (AvgIpc) is 3.67. The zero-order valence-electron chi connectivity index (χ0n) is 56.5. The molecule has 0 aliphatic carbocycles. The first kappa shape index (κ1) is 85.8. The van der Waals surface area contributed by atoms with Crippen molar-refractivity contribution < 1.29 is 62.6 Å². The maximum atomic E-state index is 12.2. The fourth-order valence-corrected chi connectivity index (χ4v) is 11.2. The number of hydrogen-bond acceptors (Lipinski definition) is 12. The summed E-state index contributed by atoms with van der Waals surface area (Å²) in [4.78, 5) is 59.2. The predicted octanol–water partition coefficient (Wildman–Crippen LogP) is 19.5. The minimum atomic E-state index is -1.53. The zero-order chi connectivity index (χ0) is 65.4. The topological polar surface area (TPSA) is 188 Å². The number of nitrogens with zero attached hydrogens (tertiary/aromatic N) is 9. The zero-order valence-corrected chi connectivity index (χ0v) is 60.7. The molecule has 3 N–H and O–H groups in total. The number of thiocarbonyl (C=S) groups is 3. The van der Waals surface area contributed by atoms with Crippen LogP contribution in [0.2, 0.25) is 0 Å². The molecule has 0 aromatic carbocycles. The molecule has 0 aliphatic rings. The van der Waals surface area contributed by atoms with Crippen molar-refractivity contribution in [3.05, 3.63) is 47.2 Å². The number of rotatable bonds is 44. The summed E-state index contributed by atoms with van der Waals surface area (Å²) in [5.41, 5.74) is -2.19. The summed E-state index contributed by atoms with van der Waals surface area (Å²) in [7, 11) is 0. The van der Waals surface area contributed by atoms with E-state index in [1.54, 1.807) is 0 Å². The van der Waals surface area contributed by atoms with E-state index in [2.05, 4.69) is 150 Å². The van der Waals surface area contributed by atoms with Crippen molar-refractivity contribution >= 4 is 87.2 Å². The second kappa shape index (κ2) is 52.4. The van der Waals surface area contributed by atoms with Crippen molar-refractivity contribution in [1.29, 1.82) is 0 Å². The molecule has 3 aromatic heterocycles. The summed E-state index contributed by atoms with van der Waals surface area (Å²) in [6, 6.07) is 4.67. The van der Waals surface area contributed by atoms with Gasteiger partial charge in [-0.1, -0.05) is 160 Å². The van der Waals surface area contributed by atoms with E-state index in [1.165, 1.54) is 264 Å².